The van der Waals surface area contributed by atoms with E-state index in [0.29, 0.717) is 45.0 Å². The minimum atomic E-state index is -0.906. The van der Waals surface area contributed by atoms with Crippen LogP contribution in [0.3, 0.4) is 0 Å². The van der Waals surface area contributed by atoms with E-state index < -0.39 is 23.3 Å². The van der Waals surface area contributed by atoms with Gasteiger partial charge in [0.2, 0.25) is 5.88 Å². The molecule has 14 heteroatoms. The molecule has 3 fully saturated rings. The van der Waals surface area contributed by atoms with Crippen molar-refractivity contribution in [2.75, 3.05) is 63.6 Å². The summed E-state index contributed by atoms with van der Waals surface area (Å²) in [5.74, 6) is -0.815. The van der Waals surface area contributed by atoms with Crippen molar-refractivity contribution in [2.45, 2.75) is 31.0 Å². The Morgan fingerprint density at radius 2 is 1.93 bits per heavy atom. The smallest absolute Gasteiger partial charge is 0.319 e. The number of fused-ring (bicyclic) bond motifs is 3. The molecule has 216 valence electrons. The second-order valence-electron chi connectivity index (χ2n) is 10.8. The molecule has 0 aliphatic carbocycles. The molecule has 3 aliphatic heterocycles. The summed E-state index contributed by atoms with van der Waals surface area (Å²) < 4.78 is 57.5. The standard InChI is InChI=1S/C27H29F3N8O2S/c1-39-24-17(15-3-4-16(29)22-19(15)34-25(31)41-22)18(30)20-21(33-24)23(37-9-6-32-7-10-37)36-26(35-20)40-13-27-5-2-8-38(27)12-14(28)11-27/h3-4,14,32H,2,5-13H2,1H3,(H2,31,34)/t14-,27+/m1/s1. The maximum Gasteiger partial charge on any atom is 0.319 e. The third-order valence-electron chi connectivity index (χ3n) is 8.32. The molecule has 3 aliphatic rings. The van der Waals surface area contributed by atoms with Crippen LogP contribution in [-0.2, 0) is 0 Å². The molecule has 0 bridgehead atoms. The van der Waals surface area contributed by atoms with E-state index in [-0.39, 0.29) is 56.0 Å². The summed E-state index contributed by atoms with van der Waals surface area (Å²) in [7, 11) is 1.39. The number of nitrogens with one attached hydrogen (secondary N) is 1. The predicted octanol–water partition coefficient (Wildman–Crippen LogP) is 3.54. The minimum Gasteiger partial charge on any atom is -0.480 e. The fourth-order valence-corrected chi connectivity index (χ4v) is 7.20. The molecule has 3 saturated heterocycles. The van der Waals surface area contributed by atoms with Gasteiger partial charge in [0.15, 0.2) is 16.8 Å². The van der Waals surface area contributed by atoms with Crippen LogP contribution in [-0.4, -0.2) is 89.5 Å². The highest BCUT2D eigenvalue weighted by Gasteiger charge is 2.49. The molecular weight excluding hydrogens is 557 g/mol. The molecule has 1 aromatic carbocycles. The molecule has 2 atom stereocenters. The molecule has 0 saturated carbocycles. The number of thiazole rings is 1. The van der Waals surface area contributed by atoms with Gasteiger partial charge in [-0.25, -0.2) is 23.1 Å². The zero-order valence-electron chi connectivity index (χ0n) is 22.4. The highest BCUT2D eigenvalue weighted by atomic mass is 32.1. The van der Waals surface area contributed by atoms with Gasteiger partial charge in [-0.1, -0.05) is 11.3 Å². The number of hydrogen-bond donors (Lipinski definition) is 2. The molecule has 0 radical (unpaired) electrons. The quantitative estimate of drug-likeness (QED) is 0.348. The molecule has 6 heterocycles. The monoisotopic (exact) mass is 586 g/mol. The number of hydrogen-bond acceptors (Lipinski definition) is 11. The molecule has 4 aromatic rings. The first-order chi connectivity index (χ1) is 19.9. The molecule has 7 rings (SSSR count). The van der Waals surface area contributed by atoms with Crippen LogP contribution in [0.5, 0.6) is 11.9 Å². The lowest BCUT2D eigenvalue weighted by molar-refractivity contribution is 0.107. The molecule has 0 spiro atoms. The van der Waals surface area contributed by atoms with Crippen molar-refractivity contribution in [1.82, 2.24) is 30.2 Å². The second-order valence-corrected chi connectivity index (χ2v) is 11.8. The van der Waals surface area contributed by atoms with Gasteiger partial charge in [0, 0.05) is 44.7 Å². The van der Waals surface area contributed by atoms with E-state index in [2.05, 4.69) is 25.2 Å². The maximum absolute atomic E-state index is 16.7. The van der Waals surface area contributed by atoms with Crippen LogP contribution in [0.1, 0.15) is 19.3 Å². The van der Waals surface area contributed by atoms with Crippen LogP contribution in [0.15, 0.2) is 12.1 Å². The first kappa shape index (κ1) is 26.4. The third-order valence-corrected chi connectivity index (χ3v) is 9.21. The number of piperazine rings is 1. The Bertz CT molecular complexity index is 1650. The van der Waals surface area contributed by atoms with Gasteiger partial charge in [-0.2, -0.15) is 9.97 Å². The number of ether oxygens (including phenoxy) is 2. The Kier molecular flexibility index (Phi) is 6.51. The van der Waals surface area contributed by atoms with Crippen LogP contribution < -0.4 is 25.4 Å². The average molecular weight is 587 g/mol. The Morgan fingerprint density at radius 1 is 1.10 bits per heavy atom. The largest absolute Gasteiger partial charge is 0.480 e. The average Bonchev–Trinajstić information content (AvgIpc) is 3.64. The van der Waals surface area contributed by atoms with Gasteiger partial charge in [-0.05, 0) is 31.5 Å². The van der Waals surface area contributed by atoms with Crippen molar-refractivity contribution in [1.29, 1.82) is 0 Å². The number of nitrogens with two attached hydrogens (primary N) is 1. The molecular formula is C27H29F3N8O2S. The first-order valence-corrected chi connectivity index (χ1v) is 14.5. The number of benzene rings is 1. The summed E-state index contributed by atoms with van der Waals surface area (Å²) >= 11 is 0.979. The Balaban J connectivity index is 1.38. The number of pyridine rings is 1. The molecule has 0 amide bonds. The molecule has 10 nitrogen and oxygen atoms in total. The number of rotatable bonds is 6. The van der Waals surface area contributed by atoms with Gasteiger partial charge < -0.3 is 25.4 Å². The number of alkyl halides is 1. The van der Waals surface area contributed by atoms with Gasteiger partial charge in [0.05, 0.1) is 28.4 Å². The lowest BCUT2D eigenvalue weighted by Crippen LogP contribution is -2.44. The van der Waals surface area contributed by atoms with Crippen LogP contribution in [0.2, 0.25) is 0 Å². The molecule has 3 N–H and O–H groups in total. The minimum absolute atomic E-state index is 0.00598. The van der Waals surface area contributed by atoms with E-state index in [1.165, 1.54) is 19.2 Å². The lowest BCUT2D eigenvalue weighted by atomic mass is 9.95. The summed E-state index contributed by atoms with van der Waals surface area (Å²) in [5.41, 5.74) is 6.11. The Morgan fingerprint density at radius 3 is 2.73 bits per heavy atom. The number of methoxy groups -OCH3 is 1. The number of nitrogens with zero attached hydrogens (tertiary/aromatic N) is 6. The van der Waals surface area contributed by atoms with E-state index in [1.54, 1.807) is 0 Å². The zero-order chi connectivity index (χ0) is 28.3. The van der Waals surface area contributed by atoms with Gasteiger partial charge >= 0.3 is 6.01 Å². The van der Waals surface area contributed by atoms with Crippen LogP contribution >= 0.6 is 11.3 Å². The van der Waals surface area contributed by atoms with E-state index in [4.69, 9.17) is 20.2 Å². The van der Waals surface area contributed by atoms with Crippen molar-refractivity contribution >= 4 is 43.5 Å². The fourth-order valence-electron chi connectivity index (χ4n) is 6.43. The number of anilines is 2. The van der Waals surface area contributed by atoms with Crippen molar-refractivity contribution in [3.63, 3.8) is 0 Å². The number of aromatic nitrogens is 4. The number of halogens is 3. The Labute approximate surface area is 237 Å². The van der Waals surface area contributed by atoms with Crippen molar-refractivity contribution < 1.29 is 22.6 Å². The highest BCUT2D eigenvalue weighted by Crippen LogP contribution is 2.43. The van der Waals surface area contributed by atoms with Crippen molar-refractivity contribution in [2.24, 2.45) is 0 Å². The zero-order valence-corrected chi connectivity index (χ0v) is 23.2. The van der Waals surface area contributed by atoms with Crippen LogP contribution in [0.25, 0.3) is 32.4 Å². The lowest BCUT2D eigenvalue weighted by Gasteiger charge is -2.31. The van der Waals surface area contributed by atoms with Gasteiger partial charge in [-0.15, -0.1) is 0 Å². The summed E-state index contributed by atoms with van der Waals surface area (Å²) in [6.45, 7) is 4.09. The summed E-state index contributed by atoms with van der Waals surface area (Å²) in [5, 5.41) is 3.46. The van der Waals surface area contributed by atoms with Crippen molar-refractivity contribution in [3.8, 4) is 23.0 Å². The summed E-state index contributed by atoms with van der Waals surface area (Å²) in [4.78, 5) is 22.3. The maximum atomic E-state index is 16.7. The highest BCUT2D eigenvalue weighted by molar-refractivity contribution is 7.22. The third kappa shape index (κ3) is 4.39. The van der Waals surface area contributed by atoms with Crippen LogP contribution in [0, 0.1) is 11.6 Å². The molecule has 0 unspecified atom stereocenters. The fraction of sp³-hybridized carbons (Fsp3) is 0.481. The van der Waals surface area contributed by atoms with E-state index >= 15 is 4.39 Å². The normalized spacial score (nSPS) is 23.0. The SMILES string of the molecule is COc1nc2c(N3CCNCC3)nc(OC[C@@]34CCCN3C[C@H](F)C4)nc2c(F)c1-c1ccc(F)c2sc(N)nc12. The van der Waals surface area contributed by atoms with E-state index in [0.717, 1.165) is 30.7 Å². The molecule has 41 heavy (non-hydrogen) atoms. The summed E-state index contributed by atoms with van der Waals surface area (Å²) in [6.07, 6.45) is 1.27. The van der Waals surface area contributed by atoms with Gasteiger partial charge in [0.25, 0.3) is 0 Å². The van der Waals surface area contributed by atoms with E-state index in [1.807, 2.05) is 4.90 Å². The Hall–Kier alpha value is -3.49. The van der Waals surface area contributed by atoms with Crippen molar-refractivity contribution in [3.05, 3.63) is 23.8 Å². The van der Waals surface area contributed by atoms with Gasteiger partial charge in [-0.3, -0.25) is 4.90 Å². The number of nitrogen functional groups attached to an aromatic ring is 1. The second kappa shape index (κ2) is 10.1. The van der Waals surface area contributed by atoms with Crippen LogP contribution in [0.4, 0.5) is 24.1 Å². The first-order valence-electron chi connectivity index (χ1n) is 13.6. The molecule has 3 aromatic heterocycles. The van der Waals surface area contributed by atoms with Gasteiger partial charge in [0.1, 0.15) is 29.6 Å². The van der Waals surface area contributed by atoms with E-state index in [9.17, 15) is 8.78 Å². The topological polar surface area (TPSA) is 115 Å². The predicted molar refractivity (Wildman–Crippen MR) is 150 cm³/mol. The summed E-state index contributed by atoms with van der Waals surface area (Å²) in [6, 6.07) is 2.67.